The van der Waals surface area contributed by atoms with Gasteiger partial charge in [0.25, 0.3) is 0 Å². The second-order valence-electron chi connectivity index (χ2n) is 3.49. The van der Waals surface area contributed by atoms with Crippen LogP contribution in [0.25, 0.3) is 0 Å². The SMILES string of the molecule is C[C@H](Nc1cncc(Cl)n1)c1ccc(F)cn1. The number of aromatic nitrogens is 3. The number of rotatable bonds is 3. The monoisotopic (exact) mass is 252 g/mol. The van der Waals surface area contributed by atoms with Crippen molar-refractivity contribution in [2.24, 2.45) is 0 Å². The number of hydrogen-bond acceptors (Lipinski definition) is 4. The molecule has 2 aromatic heterocycles. The third kappa shape index (κ3) is 3.10. The number of nitrogens with zero attached hydrogens (tertiary/aromatic N) is 3. The van der Waals surface area contributed by atoms with Gasteiger partial charge in [-0.2, -0.15) is 0 Å². The van der Waals surface area contributed by atoms with Crippen LogP contribution in [0.4, 0.5) is 10.2 Å². The summed E-state index contributed by atoms with van der Waals surface area (Å²) in [4.78, 5) is 11.9. The molecule has 2 heterocycles. The highest BCUT2D eigenvalue weighted by Gasteiger charge is 2.08. The van der Waals surface area contributed by atoms with Crippen molar-refractivity contribution in [3.8, 4) is 0 Å². The Balaban J connectivity index is 2.11. The molecule has 0 aliphatic rings. The van der Waals surface area contributed by atoms with Gasteiger partial charge in [0.05, 0.1) is 30.3 Å². The van der Waals surface area contributed by atoms with Gasteiger partial charge in [0.1, 0.15) is 16.8 Å². The molecule has 0 spiro atoms. The summed E-state index contributed by atoms with van der Waals surface area (Å²) in [5.74, 6) is 0.194. The van der Waals surface area contributed by atoms with Gasteiger partial charge in [-0.05, 0) is 19.1 Å². The first-order valence-electron chi connectivity index (χ1n) is 5.00. The van der Waals surface area contributed by atoms with E-state index in [1.807, 2.05) is 6.92 Å². The topological polar surface area (TPSA) is 50.7 Å². The molecule has 0 aromatic carbocycles. The molecule has 1 atom stereocenters. The maximum absolute atomic E-state index is 12.7. The molecule has 0 bridgehead atoms. The Labute approximate surface area is 103 Å². The lowest BCUT2D eigenvalue weighted by Crippen LogP contribution is -2.09. The van der Waals surface area contributed by atoms with E-state index < -0.39 is 0 Å². The first-order valence-corrected chi connectivity index (χ1v) is 5.38. The minimum absolute atomic E-state index is 0.108. The molecule has 0 amide bonds. The molecule has 0 aliphatic carbocycles. The van der Waals surface area contributed by atoms with Crippen molar-refractivity contribution in [3.63, 3.8) is 0 Å². The van der Waals surface area contributed by atoms with Crippen LogP contribution < -0.4 is 5.32 Å². The van der Waals surface area contributed by atoms with Crippen molar-refractivity contribution < 1.29 is 4.39 Å². The van der Waals surface area contributed by atoms with Crippen LogP contribution in [-0.4, -0.2) is 15.0 Å². The Morgan fingerprint density at radius 2 is 2.12 bits per heavy atom. The fraction of sp³-hybridized carbons (Fsp3) is 0.182. The lowest BCUT2D eigenvalue weighted by molar-refractivity contribution is 0.617. The van der Waals surface area contributed by atoms with E-state index >= 15 is 0 Å². The van der Waals surface area contributed by atoms with Gasteiger partial charge < -0.3 is 5.32 Å². The average molecular weight is 253 g/mol. The smallest absolute Gasteiger partial charge is 0.149 e. The van der Waals surface area contributed by atoms with Crippen molar-refractivity contribution in [1.29, 1.82) is 0 Å². The summed E-state index contributed by atoms with van der Waals surface area (Å²) in [6, 6.07) is 2.87. The molecule has 2 rings (SSSR count). The molecule has 1 N–H and O–H groups in total. The minimum Gasteiger partial charge on any atom is -0.361 e. The van der Waals surface area contributed by atoms with E-state index in [4.69, 9.17) is 11.6 Å². The third-order valence-electron chi connectivity index (χ3n) is 2.16. The summed E-state index contributed by atoms with van der Waals surface area (Å²) in [6.07, 6.45) is 4.19. The second kappa shape index (κ2) is 5.05. The normalized spacial score (nSPS) is 12.2. The van der Waals surface area contributed by atoms with Crippen LogP contribution in [0, 0.1) is 5.82 Å². The molecule has 4 nitrogen and oxygen atoms in total. The maximum Gasteiger partial charge on any atom is 0.149 e. The zero-order valence-electron chi connectivity index (χ0n) is 9.06. The van der Waals surface area contributed by atoms with Crippen LogP contribution in [0.1, 0.15) is 18.7 Å². The van der Waals surface area contributed by atoms with Gasteiger partial charge in [0.15, 0.2) is 0 Å². The first kappa shape index (κ1) is 11.7. The van der Waals surface area contributed by atoms with Crippen LogP contribution in [-0.2, 0) is 0 Å². The molecule has 88 valence electrons. The van der Waals surface area contributed by atoms with Crippen LogP contribution in [0.2, 0.25) is 5.15 Å². The Kier molecular flexibility index (Phi) is 3.49. The number of pyridine rings is 1. The van der Waals surface area contributed by atoms with Gasteiger partial charge in [-0.3, -0.25) is 9.97 Å². The van der Waals surface area contributed by atoms with E-state index in [0.717, 1.165) is 0 Å². The molecule has 0 aliphatic heterocycles. The fourth-order valence-corrected chi connectivity index (χ4v) is 1.50. The highest BCUT2D eigenvalue weighted by Crippen LogP contribution is 2.16. The Hall–Kier alpha value is -1.75. The Bertz CT molecular complexity index is 503. The molecule has 0 unspecified atom stereocenters. The molecule has 0 radical (unpaired) electrons. The number of anilines is 1. The predicted octanol–water partition coefficient (Wildman–Crippen LogP) is 2.84. The fourth-order valence-electron chi connectivity index (χ4n) is 1.35. The summed E-state index contributed by atoms with van der Waals surface area (Å²) in [6.45, 7) is 1.89. The van der Waals surface area contributed by atoms with Crippen molar-refractivity contribution >= 4 is 17.4 Å². The minimum atomic E-state index is -0.358. The quantitative estimate of drug-likeness (QED) is 0.913. The standard InChI is InChI=1S/C11H10ClFN4/c1-7(9-3-2-8(13)4-15-9)16-11-6-14-5-10(12)17-11/h2-7H,1H3,(H,16,17)/t7-/m0/s1. The second-order valence-corrected chi connectivity index (χ2v) is 3.88. The van der Waals surface area contributed by atoms with E-state index in [-0.39, 0.29) is 11.9 Å². The summed E-state index contributed by atoms with van der Waals surface area (Å²) in [5, 5.41) is 3.39. The van der Waals surface area contributed by atoms with Crippen LogP contribution in [0.15, 0.2) is 30.7 Å². The largest absolute Gasteiger partial charge is 0.361 e. The van der Waals surface area contributed by atoms with Gasteiger partial charge in [0.2, 0.25) is 0 Å². The number of nitrogens with one attached hydrogen (secondary N) is 1. The maximum atomic E-state index is 12.7. The van der Waals surface area contributed by atoms with Crippen LogP contribution in [0.5, 0.6) is 0 Å². The Morgan fingerprint density at radius 3 is 2.76 bits per heavy atom. The molecule has 17 heavy (non-hydrogen) atoms. The van der Waals surface area contributed by atoms with E-state index in [1.165, 1.54) is 18.5 Å². The zero-order chi connectivity index (χ0) is 12.3. The molecule has 0 fully saturated rings. The van der Waals surface area contributed by atoms with Gasteiger partial charge in [-0.25, -0.2) is 9.37 Å². The van der Waals surface area contributed by atoms with Crippen LogP contribution in [0.3, 0.4) is 0 Å². The molecule has 0 saturated carbocycles. The lowest BCUT2D eigenvalue weighted by Gasteiger charge is -2.13. The van der Waals surface area contributed by atoms with E-state index in [9.17, 15) is 4.39 Å². The summed E-state index contributed by atoms with van der Waals surface area (Å²) in [5.41, 5.74) is 0.716. The molecule has 0 saturated heterocycles. The van der Waals surface area contributed by atoms with Gasteiger partial charge in [-0.15, -0.1) is 0 Å². The highest BCUT2D eigenvalue weighted by atomic mass is 35.5. The molecule has 6 heteroatoms. The van der Waals surface area contributed by atoms with Crippen molar-refractivity contribution in [2.75, 3.05) is 5.32 Å². The highest BCUT2D eigenvalue weighted by molar-refractivity contribution is 6.29. The van der Waals surface area contributed by atoms with Crippen molar-refractivity contribution in [2.45, 2.75) is 13.0 Å². The van der Waals surface area contributed by atoms with Crippen molar-refractivity contribution in [3.05, 3.63) is 47.4 Å². The summed E-state index contributed by atoms with van der Waals surface area (Å²) in [7, 11) is 0. The first-order chi connectivity index (χ1) is 8.15. The zero-order valence-corrected chi connectivity index (χ0v) is 9.82. The summed E-state index contributed by atoms with van der Waals surface area (Å²) < 4.78 is 12.7. The third-order valence-corrected chi connectivity index (χ3v) is 2.35. The Morgan fingerprint density at radius 1 is 1.29 bits per heavy atom. The van der Waals surface area contributed by atoms with E-state index in [0.29, 0.717) is 16.7 Å². The number of halogens is 2. The predicted molar refractivity (Wildman–Crippen MR) is 63.3 cm³/mol. The van der Waals surface area contributed by atoms with Gasteiger partial charge in [0, 0.05) is 0 Å². The van der Waals surface area contributed by atoms with Gasteiger partial charge in [-0.1, -0.05) is 11.6 Å². The molecule has 2 aromatic rings. The van der Waals surface area contributed by atoms with Crippen LogP contribution >= 0.6 is 11.6 Å². The van der Waals surface area contributed by atoms with E-state index in [1.54, 1.807) is 12.3 Å². The molecular weight excluding hydrogens is 243 g/mol. The lowest BCUT2D eigenvalue weighted by atomic mass is 10.2. The van der Waals surface area contributed by atoms with E-state index in [2.05, 4.69) is 20.3 Å². The summed E-state index contributed by atoms with van der Waals surface area (Å²) >= 11 is 5.72. The van der Waals surface area contributed by atoms with Gasteiger partial charge >= 0.3 is 0 Å². The number of hydrogen-bond donors (Lipinski definition) is 1. The van der Waals surface area contributed by atoms with Crippen molar-refractivity contribution in [1.82, 2.24) is 15.0 Å². The molecular formula is C11H10ClFN4. The average Bonchev–Trinajstić information content (AvgIpc) is 2.29.